The molecule has 27 heavy (non-hydrogen) atoms. The molecule has 0 bridgehead atoms. The molecule has 5 rings (SSSR count). The summed E-state index contributed by atoms with van der Waals surface area (Å²) in [6.45, 7) is 11.5. The van der Waals surface area contributed by atoms with E-state index in [4.69, 9.17) is 14.5 Å². The van der Waals surface area contributed by atoms with Crippen LogP contribution in [0.15, 0.2) is 35.7 Å². The Morgan fingerprint density at radius 3 is 2.59 bits per heavy atom. The highest BCUT2D eigenvalue weighted by molar-refractivity contribution is 7.13. The predicted octanol–water partition coefficient (Wildman–Crippen LogP) is 3.22. The van der Waals surface area contributed by atoms with Crippen LogP contribution >= 0.6 is 11.3 Å². The van der Waals surface area contributed by atoms with Crippen molar-refractivity contribution in [3.63, 3.8) is 0 Å². The van der Waals surface area contributed by atoms with Crippen LogP contribution < -0.4 is 0 Å². The molecule has 0 amide bonds. The van der Waals surface area contributed by atoms with E-state index in [0.717, 1.165) is 37.7 Å². The third-order valence-corrected chi connectivity index (χ3v) is 6.49. The maximum atomic E-state index is 6.15. The van der Waals surface area contributed by atoms with Gasteiger partial charge in [0.05, 0.1) is 11.3 Å². The van der Waals surface area contributed by atoms with E-state index in [9.17, 15) is 0 Å². The van der Waals surface area contributed by atoms with Crippen LogP contribution in [0.25, 0.3) is 10.6 Å². The number of piperazine rings is 1. The predicted molar refractivity (Wildman–Crippen MR) is 107 cm³/mol. The van der Waals surface area contributed by atoms with E-state index in [0.29, 0.717) is 6.10 Å². The van der Waals surface area contributed by atoms with Crippen LogP contribution in [0.2, 0.25) is 0 Å². The zero-order chi connectivity index (χ0) is 18.6. The first-order valence-electron chi connectivity index (χ1n) is 9.79. The Morgan fingerprint density at radius 2 is 1.93 bits per heavy atom. The fourth-order valence-electron chi connectivity index (χ4n) is 4.06. The summed E-state index contributed by atoms with van der Waals surface area (Å²) in [7, 11) is 0. The van der Waals surface area contributed by atoms with Crippen LogP contribution in [0.3, 0.4) is 0 Å². The minimum absolute atomic E-state index is 0.0967. The van der Waals surface area contributed by atoms with E-state index in [-0.39, 0.29) is 17.4 Å². The smallest absolute Gasteiger partial charge is 0.180 e. The van der Waals surface area contributed by atoms with Gasteiger partial charge in [0.15, 0.2) is 5.72 Å². The minimum Gasteiger partial charge on any atom is -0.365 e. The second kappa shape index (κ2) is 6.36. The molecule has 1 saturated carbocycles. The van der Waals surface area contributed by atoms with Crippen molar-refractivity contribution >= 4 is 11.3 Å². The van der Waals surface area contributed by atoms with Gasteiger partial charge in [-0.15, -0.1) is 11.3 Å². The summed E-state index contributed by atoms with van der Waals surface area (Å²) < 4.78 is 12.0. The third-order valence-electron chi connectivity index (χ3n) is 5.54. The van der Waals surface area contributed by atoms with E-state index in [1.165, 1.54) is 11.3 Å². The molecule has 2 aliphatic heterocycles. The number of rotatable bonds is 5. The van der Waals surface area contributed by atoms with Crippen molar-refractivity contribution in [2.75, 3.05) is 26.2 Å². The van der Waals surface area contributed by atoms with Gasteiger partial charge in [-0.25, -0.2) is 4.98 Å². The van der Waals surface area contributed by atoms with E-state index in [1.807, 2.05) is 6.07 Å². The Morgan fingerprint density at radius 1 is 1.19 bits per heavy atom. The van der Waals surface area contributed by atoms with Gasteiger partial charge >= 0.3 is 0 Å². The number of hydrogen-bond donors (Lipinski definition) is 0. The fraction of sp³-hybridized carbons (Fsp3) is 0.571. The average molecular weight is 386 g/mol. The molecule has 0 radical (unpaired) electrons. The van der Waals surface area contributed by atoms with Gasteiger partial charge in [-0.2, -0.15) is 0 Å². The lowest BCUT2D eigenvalue weighted by Crippen LogP contribution is -2.51. The molecule has 3 atom stereocenters. The molecule has 3 fully saturated rings. The van der Waals surface area contributed by atoms with Gasteiger partial charge in [-0.05, 0) is 20.8 Å². The van der Waals surface area contributed by atoms with E-state index >= 15 is 0 Å². The molecule has 2 saturated heterocycles. The molecule has 5 nitrogen and oxygen atoms in total. The topological polar surface area (TPSA) is 41.1 Å². The highest BCUT2D eigenvalue weighted by atomic mass is 32.1. The van der Waals surface area contributed by atoms with Gasteiger partial charge in [0.2, 0.25) is 0 Å². The van der Waals surface area contributed by atoms with E-state index in [2.05, 4.69) is 60.2 Å². The van der Waals surface area contributed by atoms with Gasteiger partial charge in [0, 0.05) is 43.7 Å². The average Bonchev–Trinajstić information content (AvgIpc) is 3.47. The largest absolute Gasteiger partial charge is 0.365 e. The molecule has 0 N–H and O–H groups in total. The highest BCUT2D eigenvalue weighted by Gasteiger charge is 2.87. The van der Waals surface area contributed by atoms with Crippen LogP contribution in [0.4, 0.5) is 0 Å². The van der Waals surface area contributed by atoms with Gasteiger partial charge in [0.1, 0.15) is 17.2 Å². The maximum absolute atomic E-state index is 6.15. The van der Waals surface area contributed by atoms with Crippen LogP contribution in [-0.2, 0) is 16.0 Å². The van der Waals surface area contributed by atoms with Crippen molar-refractivity contribution in [1.29, 1.82) is 0 Å². The normalized spacial score (nSPS) is 30.9. The Kier molecular flexibility index (Phi) is 4.18. The Hall–Kier alpha value is -1.31. The lowest BCUT2D eigenvalue weighted by Gasteiger charge is -2.36. The number of fused-ring (bicyclic) bond motifs is 1. The molecule has 1 aromatic heterocycles. The van der Waals surface area contributed by atoms with Crippen LogP contribution in [-0.4, -0.2) is 64.5 Å². The molecule has 3 heterocycles. The molecule has 2 aromatic rings. The Labute approximate surface area is 164 Å². The highest BCUT2D eigenvalue weighted by Crippen LogP contribution is 2.64. The zero-order valence-electron chi connectivity index (χ0n) is 16.2. The summed E-state index contributed by atoms with van der Waals surface area (Å²) >= 11 is 1.73. The van der Waals surface area contributed by atoms with E-state index in [1.54, 1.807) is 11.3 Å². The summed E-state index contributed by atoms with van der Waals surface area (Å²) in [6, 6.07) is 10.4. The standard InChI is InChI=1S/C21H27N3O2S/c1-20(2,3)25-17-18-21(17,26-18)24-11-9-23(10-12-24)13-16-14-27-19(22-16)15-7-5-4-6-8-15/h4-8,14,17-18H,9-13H2,1-3H3/t17?,18?,21-/m0/s1. The molecular weight excluding hydrogens is 358 g/mol. The molecular formula is C21H27N3O2S. The lowest BCUT2D eigenvalue weighted by molar-refractivity contribution is -0.125. The number of benzene rings is 1. The number of epoxide rings is 1. The second-order valence-corrected chi connectivity index (χ2v) is 9.57. The molecule has 0 spiro atoms. The lowest BCUT2D eigenvalue weighted by atomic mass is 10.2. The number of ether oxygens (including phenoxy) is 2. The van der Waals surface area contributed by atoms with Gasteiger partial charge in [-0.1, -0.05) is 30.3 Å². The number of aromatic nitrogens is 1. The molecule has 6 heteroatoms. The molecule has 3 aliphatic rings. The number of nitrogens with zero attached hydrogens (tertiary/aromatic N) is 3. The first-order valence-corrected chi connectivity index (χ1v) is 10.7. The SMILES string of the molecule is CC(C)(C)OC1C2O[C@@]12N1CCN(Cc2csc(-c3ccccc3)n2)CC1. The summed E-state index contributed by atoms with van der Waals surface area (Å²) in [5.41, 5.74) is 2.18. The van der Waals surface area contributed by atoms with E-state index < -0.39 is 0 Å². The van der Waals surface area contributed by atoms with Gasteiger partial charge in [0.25, 0.3) is 0 Å². The first-order chi connectivity index (χ1) is 13.0. The van der Waals surface area contributed by atoms with Crippen LogP contribution in [0.5, 0.6) is 0 Å². The van der Waals surface area contributed by atoms with Crippen molar-refractivity contribution in [3.05, 3.63) is 41.4 Å². The third kappa shape index (κ3) is 3.34. The molecule has 1 aliphatic carbocycles. The summed E-state index contributed by atoms with van der Waals surface area (Å²) in [5.74, 6) is 0. The molecule has 1 aromatic carbocycles. The monoisotopic (exact) mass is 385 g/mol. The maximum Gasteiger partial charge on any atom is 0.180 e. The molecule has 2 unspecified atom stereocenters. The van der Waals surface area contributed by atoms with Crippen LogP contribution in [0, 0.1) is 0 Å². The quantitative estimate of drug-likeness (QED) is 0.739. The van der Waals surface area contributed by atoms with Crippen molar-refractivity contribution < 1.29 is 9.47 Å². The number of thiazole rings is 1. The fourth-order valence-corrected chi connectivity index (χ4v) is 4.88. The first kappa shape index (κ1) is 17.8. The minimum atomic E-state index is -0.0999. The van der Waals surface area contributed by atoms with Crippen molar-refractivity contribution in [1.82, 2.24) is 14.8 Å². The van der Waals surface area contributed by atoms with Gasteiger partial charge < -0.3 is 9.47 Å². The Balaban J connectivity index is 1.14. The Bertz CT molecular complexity index is 810. The summed E-state index contributed by atoms with van der Waals surface area (Å²) in [4.78, 5) is 9.82. The van der Waals surface area contributed by atoms with Crippen molar-refractivity contribution in [2.45, 2.75) is 50.8 Å². The molecule has 144 valence electrons. The zero-order valence-corrected chi connectivity index (χ0v) is 17.0. The summed E-state index contributed by atoms with van der Waals surface area (Å²) in [6.07, 6.45) is 0.561. The van der Waals surface area contributed by atoms with Crippen molar-refractivity contribution in [2.24, 2.45) is 0 Å². The summed E-state index contributed by atoms with van der Waals surface area (Å²) in [5, 5.41) is 3.30. The van der Waals surface area contributed by atoms with Gasteiger partial charge in [-0.3, -0.25) is 9.80 Å². The van der Waals surface area contributed by atoms with Crippen LogP contribution in [0.1, 0.15) is 26.5 Å². The second-order valence-electron chi connectivity index (χ2n) is 8.71. The van der Waals surface area contributed by atoms with Crippen molar-refractivity contribution in [3.8, 4) is 10.6 Å². The number of hydrogen-bond acceptors (Lipinski definition) is 6.